The minimum absolute atomic E-state index is 0.0317. The van der Waals surface area contributed by atoms with E-state index in [2.05, 4.69) is 4.57 Å². The van der Waals surface area contributed by atoms with Gasteiger partial charge < -0.3 is 4.74 Å². The van der Waals surface area contributed by atoms with Crippen molar-refractivity contribution >= 4 is 17.9 Å². The van der Waals surface area contributed by atoms with Gasteiger partial charge in [0, 0.05) is 34.6 Å². The van der Waals surface area contributed by atoms with Crippen molar-refractivity contribution in [2.24, 2.45) is 0 Å². The average molecular weight is 393 g/mol. The summed E-state index contributed by atoms with van der Waals surface area (Å²) >= 11 is 5.58. The Morgan fingerprint density at radius 3 is 2.61 bits per heavy atom. The van der Waals surface area contributed by atoms with Gasteiger partial charge >= 0.3 is 0 Å². The smallest absolute Gasteiger partial charge is 0.270 e. The van der Waals surface area contributed by atoms with Crippen molar-refractivity contribution in [3.63, 3.8) is 0 Å². The monoisotopic (exact) mass is 393 g/mol. The Kier molecular flexibility index (Phi) is 4.92. The van der Waals surface area contributed by atoms with Gasteiger partial charge in [-0.05, 0) is 49.9 Å². The van der Waals surface area contributed by atoms with Crippen molar-refractivity contribution in [3.8, 4) is 22.8 Å². The van der Waals surface area contributed by atoms with Crippen LogP contribution in [0.1, 0.15) is 24.1 Å². The lowest BCUT2D eigenvalue weighted by molar-refractivity contribution is -0.384. The average Bonchev–Trinajstić information content (AvgIpc) is 2.74. The summed E-state index contributed by atoms with van der Waals surface area (Å²) in [6.07, 6.45) is 3.98. The Hall–Kier alpha value is -3.06. The molecule has 142 valence electrons. The van der Waals surface area contributed by atoms with Gasteiger partial charge in [0.1, 0.15) is 16.2 Å². The number of hydrogen-bond donors (Lipinski definition) is 0. The van der Waals surface area contributed by atoms with Crippen molar-refractivity contribution in [2.45, 2.75) is 25.7 Å². The number of methoxy groups -OCH3 is 1. The number of nitro benzene ring substituents is 1. The molecule has 0 N–H and O–H groups in total. The van der Waals surface area contributed by atoms with Gasteiger partial charge in [-0.2, -0.15) is 0 Å². The van der Waals surface area contributed by atoms with Crippen molar-refractivity contribution in [1.82, 2.24) is 9.55 Å². The third-order valence-electron chi connectivity index (χ3n) is 5.03. The standard InChI is InChI=1S/C21H19N3O3S/c1-27-17-11-9-15(10-12-17)23-19-8-3-2-7-18(19)21(28)22-20(23)14-5-4-6-16(13-14)24(25)26/h4-6,9-13H,2-3,7-8H2,1H3. The maximum Gasteiger partial charge on any atom is 0.270 e. The molecule has 4 rings (SSSR count). The summed E-state index contributed by atoms with van der Waals surface area (Å²) in [5, 5.41) is 11.3. The Labute approximate surface area is 167 Å². The molecule has 0 spiro atoms. The van der Waals surface area contributed by atoms with Crippen LogP contribution >= 0.6 is 12.2 Å². The van der Waals surface area contributed by atoms with Crippen LogP contribution in [0.5, 0.6) is 5.75 Å². The Morgan fingerprint density at radius 1 is 1.14 bits per heavy atom. The highest BCUT2D eigenvalue weighted by Gasteiger charge is 2.21. The molecule has 0 saturated heterocycles. The number of benzene rings is 2. The molecule has 0 bridgehead atoms. The molecule has 0 amide bonds. The molecule has 1 aliphatic rings. The van der Waals surface area contributed by atoms with Crippen molar-refractivity contribution in [1.29, 1.82) is 0 Å². The van der Waals surface area contributed by atoms with Gasteiger partial charge in [-0.15, -0.1) is 0 Å². The zero-order valence-electron chi connectivity index (χ0n) is 15.4. The molecule has 0 radical (unpaired) electrons. The highest BCUT2D eigenvalue weighted by atomic mass is 32.1. The number of ether oxygens (including phenoxy) is 1. The molecule has 6 nitrogen and oxygen atoms in total. The van der Waals surface area contributed by atoms with E-state index in [1.54, 1.807) is 19.2 Å². The maximum atomic E-state index is 11.3. The first-order chi connectivity index (χ1) is 13.6. The molecule has 1 aliphatic carbocycles. The molecule has 0 fully saturated rings. The van der Waals surface area contributed by atoms with E-state index < -0.39 is 4.92 Å². The third kappa shape index (κ3) is 3.29. The summed E-state index contributed by atoms with van der Waals surface area (Å²) in [5.74, 6) is 1.39. The predicted octanol–water partition coefficient (Wildman–Crippen LogP) is 5.06. The Balaban J connectivity index is 2.00. The zero-order chi connectivity index (χ0) is 19.7. The van der Waals surface area contributed by atoms with Crippen LogP contribution in [0.15, 0.2) is 48.5 Å². The zero-order valence-corrected chi connectivity index (χ0v) is 16.2. The minimum atomic E-state index is -0.395. The van der Waals surface area contributed by atoms with Crippen LogP contribution in [0.2, 0.25) is 0 Å². The van der Waals surface area contributed by atoms with Crippen LogP contribution in [-0.2, 0) is 12.8 Å². The summed E-state index contributed by atoms with van der Waals surface area (Å²) < 4.78 is 7.95. The number of non-ortho nitro benzene ring substituents is 1. The summed E-state index contributed by atoms with van der Waals surface area (Å²) in [6, 6.07) is 14.3. The van der Waals surface area contributed by atoms with E-state index in [4.69, 9.17) is 21.9 Å². The van der Waals surface area contributed by atoms with Gasteiger partial charge in [0.25, 0.3) is 5.69 Å². The first-order valence-corrected chi connectivity index (χ1v) is 9.53. The van der Waals surface area contributed by atoms with Crippen molar-refractivity contribution in [2.75, 3.05) is 7.11 Å². The molecule has 0 saturated carbocycles. The topological polar surface area (TPSA) is 70.2 Å². The van der Waals surface area contributed by atoms with E-state index in [-0.39, 0.29) is 5.69 Å². The molecule has 7 heteroatoms. The van der Waals surface area contributed by atoms with E-state index in [0.29, 0.717) is 16.0 Å². The lowest BCUT2D eigenvalue weighted by Crippen LogP contribution is -2.17. The van der Waals surface area contributed by atoms with Crippen LogP contribution in [0.4, 0.5) is 5.69 Å². The summed E-state index contributed by atoms with van der Waals surface area (Å²) in [7, 11) is 1.63. The fourth-order valence-corrected chi connectivity index (χ4v) is 3.98. The van der Waals surface area contributed by atoms with Gasteiger partial charge in [-0.25, -0.2) is 4.98 Å². The van der Waals surface area contributed by atoms with Gasteiger partial charge in [0.2, 0.25) is 0 Å². The number of fused-ring (bicyclic) bond motifs is 1. The lowest BCUT2D eigenvalue weighted by atomic mass is 9.96. The summed E-state index contributed by atoms with van der Waals surface area (Å²) in [4.78, 5) is 15.6. The number of hydrogen-bond acceptors (Lipinski definition) is 5. The third-order valence-corrected chi connectivity index (χ3v) is 5.37. The van der Waals surface area contributed by atoms with Gasteiger partial charge in [0.15, 0.2) is 0 Å². The second-order valence-electron chi connectivity index (χ2n) is 6.71. The van der Waals surface area contributed by atoms with Gasteiger partial charge in [-0.3, -0.25) is 14.7 Å². The minimum Gasteiger partial charge on any atom is -0.497 e. The Morgan fingerprint density at radius 2 is 1.89 bits per heavy atom. The molecule has 0 atom stereocenters. The Bertz CT molecular complexity index is 1110. The van der Waals surface area contributed by atoms with Gasteiger partial charge in [0.05, 0.1) is 12.0 Å². The maximum absolute atomic E-state index is 11.3. The van der Waals surface area contributed by atoms with E-state index in [0.717, 1.165) is 48.4 Å². The second kappa shape index (κ2) is 7.52. The molecule has 1 aromatic heterocycles. The quantitative estimate of drug-likeness (QED) is 0.352. The normalized spacial score (nSPS) is 13.0. The van der Waals surface area contributed by atoms with Gasteiger partial charge in [-0.1, -0.05) is 24.4 Å². The number of rotatable bonds is 4. The fraction of sp³-hybridized carbons (Fsp3) is 0.238. The second-order valence-corrected chi connectivity index (χ2v) is 7.10. The molecule has 28 heavy (non-hydrogen) atoms. The molecular formula is C21H19N3O3S. The highest BCUT2D eigenvalue weighted by molar-refractivity contribution is 7.71. The van der Waals surface area contributed by atoms with E-state index in [9.17, 15) is 10.1 Å². The SMILES string of the molecule is COc1ccc(-n2c(-c3cccc([N+](=O)[O-])c3)nc(=S)c3c2CCCC3)cc1. The molecule has 2 aromatic carbocycles. The number of nitrogens with zero attached hydrogens (tertiary/aromatic N) is 3. The molecule has 0 unspecified atom stereocenters. The molecule has 3 aromatic rings. The van der Waals surface area contributed by atoms with Crippen LogP contribution in [-0.4, -0.2) is 21.6 Å². The largest absolute Gasteiger partial charge is 0.497 e. The summed E-state index contributed by atoms with van der Waals surface area (Å²) in [5.41, 5.74) is 3.88. The van der Waals surface area contributed by atoms with Crippen LogP contribution in [0.3, 0.4) is 0 Å². The first kappa shape index (κ1) is 18.3. The van der Waals surface area contributed by atoms with E-state index >= 15 is 0 Å². The number of aromatic nitrogens is 2. The van der Waals surface area contributed by atoms with E-state index in [1.165, 1.54) is 6.07 Å². The van der Waals surface area contributed by atoms with Crippen molar-refractivity contribution < 1.29 is 9.66 Å². The highest BCUT2D eigenvalue weighted by Crippen LogP contribution is 2.32. The molecule has 1 heterocycles. The molecular weight excluding hydrogens is 374 g/mol. The van der Waals surface area contributed by atoms with Crippen molar-refractivity contribution in [3.05, 3.63) is 74.5 Å². The predicted molar refractivity (Wildman–Crippen MR) is 110 cm³/mol. The van der Waals surface area contributed by atoms with E-state index in [1.807, 2.05) is 30.3 Å². The molecule has 0 aliphatic heterocycles. The van der Waals surface area contributed by atoms with Crippen LogP contribution in [0, 0.1) is 14.8 Å². The lowest BCUT2D eigenvalue weighted by Gasteiger charge is -2.24. The van der Waals surface area contributed by atoms with Crippen LogP contribution in [0.25, 0.3) is 17.1 Å². The first-order valence-electron chi connectivity index (χ1n) is 9.12. The van der Waals surface area contributed by atoms with Crippen LogP contribution < -0.4 is 4.74 Å². The summed E-state index contributed by atoms with van der Waals surface area (Å²) in [6.45, 7) is 0. The fourth-order valence-electron chi connectivity index (χ4n) is 3.67. The number of nitro groups is 1.